The Bertz CT molecular complexity index is 809. The summed E-state index contributed by atoms with van der Waals surface area (Å²) in [6.45, 7) is 0. The van der Waals surface area contributed by atoms with Gasteiger partial charge in [0.2, 0.25) is 0 Å². The molecule has 0 saturated carbocycles. The molecule has 6 heteroatoms. The number of hydrogen-bond acceptors (Lipinski definition) is 4. The summed E-state index contributed by atoms with van der Waals surface area (Å²) in [6.07, 6.45) is 1.56. The molecule has 0 saturated heterocycles. The Hall–Kier alpha value is -3.02. The van der Waals surface area contributed by atoms with Crippen LogP contribution in [0.1, 0.15) is 10.4 Å². The van der Waals surface area contributed by atoms with Crippen LogP contribution in [0.4, 0.5) is 5.69 Å². The summed E-state index contributed by atoms with van der Waals surface area (Å²) in [6, 6.07) is 13.1. The monoisotopic (exact) mass is 267 g/mol. The highest BCUT2D eigenvalue weighted by Gasteiger charge is 2.13. The highest BCUT2D eigenvalue weighted by molar-refractivity contribution is 5.97. The molecule has 0 atom stereocenters. The maximum absolute atomic E-state index is 12.2. The summed E-state index contributed by atoms with van der Waals surface area (Å²) in [7, 11) is 0. The van der Waals surface area contributed by atoms with Gasteiger partial charge in [0.25, 0.3) is 11.6 Å². The molecule has 98 valence electrons. The van der Waals surface area contributed by atoms with Gasteiger partial charge >= 0.3 is 0 Å². The van der Waals surface area contributed by atoms with Crippen LogP contribution in [0.5, 0.6) is 0 Å². The van der Waals surface area contributed by atoms with Crippen LogP contribution in [0.3, 0.4) is 0 Å². The number of hydrogen-bond donors (Lipinski definition) is 0. The van der Waals surface area contributed by atoms with Gasteiger partial charge in [0.15, 0.2) is 0 Å². The smallest absolute Gasteiger partial charge is 0.267 e. The minimum Gasteiger partial charge on any atom is -0.267 e. The van der Waals surface area contributed by atoms with Crippen molar-refractivity contribution in [2.45, 2.75) is 0 Å². The summed E-state index contributed by atoms with van der Waals surface area (Å²) < 4.78 is 1.20. The quantitative estimate of drug-likeness (QED) is 0.528. The molecule has 2 aromatic carbocycles. The lowest BCUT2D eigenvalue weighted by Crippen LogP contribution is -2.11. The van der Waals surface area contributed by atoms with Gasteiger partial charge in [-0.25, -0.2) is 4.68 Å². The first kappa shape index (κ1) is 12.0. The van der Waals surface area contributed by atoms with Crippen LogP contribution in [0.25, 0.3) is 10.9 Å². The molecule has 0 aliphatic heterocycles. The van der Waals surface area contributed by atoms with E-state index in [1.807, 2.05) is 6.07 Å². The number of carbonyl (C=O) groups excluding carboxylic acids is 1. The van der Waals surface area contributed by atoms with E-state index in [9.17, 15) is 14.9 Å². The van der Waals surface area contributed by atoms with E-state index >= 15 is 0 Å². The van der Waals surface area contributed by atoms with Crippen molar-refractivity contribution in [3.8, 4) is 0 Å². The number of non-ortho nitro benzene ring substituents is 1. The number of benzene rings is 2. The summed E-state index contributed by atoms with van der Waals surface area (Å²) in [5, 5.41) is 15.5. The van der Waals surface area contributed by atoms with Crippen molar-refractivity contribution in [2.75, 3.05) is 0 Å². The third kappa shape index (κ3) is 2.03. The molecule has 0 spiro atoms. The van der Waals surface area contributed by atoms with Gasteiger partial charge in [-0.05, 0) is 18.2 Å². The molecule has 1 aromatic heterocycles. The van der Waals surface area contributed by atoms with Crippen molar-refractivity contribution in [2.24, 2.45) is 0 Å². The van der Waals surface area contributed by atoms with Crippen molar-refractivity contribution < 1.29 is 9.72 Å². The molecular weight excluding hydrogens is 258 g/mol. The Morgan fingerprint density at radius 3 is 2.60 bits per heavy atom. The van der Waals surface area contributed by atoms with Gasteiger partial charge in [-0.1, -0.05) is 18.2 Å². The van der Waals surface area contributed by atoms with E-state index < -0.39 is 4.92 Å². The van der Waals surface area contributed by atoms with Crippen LogP contribution in [-0.2, 0) is 0 Å². The highest BCUT2D eigenvalue weighted by atomic mass is 16.6. The molecule has 0 bridgehead atoms. The van der Waals surface area contributed by atoms with Gasteiger partial charge < -0.3 is 0 Å². The number of nitrogens with zero attached hydrogens (tertiary/aromatic N) is 3. The van der Waals surface area contributed by atoms with Crippen LogP contribution < -0.4 is 0 Å². The number of carbonyl (C=O) groups is 1. The number of aromatic nitrogens is 2. The zero-order chi connectivity index (χ0) is 14.1. The van der Waals surface area contributed by atoms with Crippen molar-refractivity contribution in [1.82, 2.24) is 9.78 Å². The topological polar surface area (TPSA) is 78.0 Å². The summed E-state index contributed by atoms with van der Waals surface area (Å²) in [4.78, 5) is 22.4. The van der Waals surface area contributed by atoms with Crippen LogP contribution in [0, 0.1) is 10.1 Å². The molecule has 0 N–H and O–H groups in total. The lowest BCUT2D eigenvalue weighted by atomic mass is 10.2. The number of nitro benzene ring substituents is 1. The standard InChI is InChI=1S/C14H9N3O3/c18-14(10-4-2-1-3-5-10)16-9-11-6-7-12(17(19)20)8-13(11)15-16/h1-9H. The highest BCUT2D eigenvalue weighted by Crippen LogP contribution is 2.19. The lowest BCUT2D eigenvalue weighted by Gasteiger charge is -1.98. The SMILES string of the molecule is O=C(c1ccccc1)n1cc2ccc([N+](=O)[O-])cc2n1. The Labute approximate surface area is 113 Å². The molecule has 0 unspecified atom stereocenters. The molecule has 0 amide bonds. The first-order chi connectivity index (χ1) is 9.65. The van der Waals surface area contributed by atoms with Crippen molar-refractivity contribution >= 4 is 22.5 Å². The second kappa shape index (κ2) is 4.58. The molecule has 0 radical (unpaired) electrons. The Morgan fingerprint density at radius 1 is 1.15 bits per heavy atom. The van der Waals surface area contributed by atoms with Crippen LogP contribution >= 0.6 is 0 Å². The van der Waals surface area contributed by atoms with E-state index in [0.29, 0.717) is 16.5 Å². The van der Waals surface area contributed by atoms with E-state index in [-0.39, 0.29) is 11.6 Å². The van der Waals surface area contributed by atoms with Gasteiger partial charge in [0.05, 0.1) is 10.4 Å². The van der Waals surface area contributed by atoms with Crippen LogP contribution in [-0.4, -0.2) is 20.6 Å². The first-order valence-electron chi connectivity index (χ1n) is 5.89. The third-order valence-electron chi connectivity index (χ3n) is 2.93. The van der Waals surface area contributed by atoms with E-state index in [2.05, 4.69) is 5.10 Å². The molecule has 3 rings (SSSR count). The van der Waals surface area contributed by atoms with Gasteiger partial charge in [0, 0.05) is 29.3 Å². The fourth-order valence-electron chi connectivity index (χ4n) is 1.94. The van der Waals surface area contributed by atoms with Crippen molar-refractivity contribution in [1.29, 1.82) is 0 Å². The Balaban J connectivity index is 2.05. The average Bonchev–Trinajstić information content (AvgIpc) is 2.90. The number of rotatable bonds is 2. The zero-order valence-corrected chi connectivity index (χ0v) is 10.3. The largest absolute Gasteiger partial charge is 0.278 e. The van der Waals surface area contributed by atoms with Crippen molar-refractivity contribution in [3.05, 3.63) is 70.4 Å². The minimum atomic E-state index is -0.489. The molecule has 20 heavy (non-hydrogen) atoms. The van der Waals surface area contributed by atoms with Crippen LogP contribution in [0.2, 0.25) is 0 Å². The number of fused-ring (bicyclic) bond motifs is 1. The predicted molar refractivity (Wildman–Crippen MR) is 72.6 cm³/mol. The minimum absolute atomic E-state index is 0.0464. The molecule has 0 aliphatic rings. The molecule has 6 nitrogen and oxygen atoms in total. The fourth-order valence-corrected chi connectivity index (χ4v) is 1.94. The van der Waals surface area contributed by atoms with E-state index in [1.165, 1.54) is 16.8 Å². The maximum atomic E-state index is 12.2. The van der Waals surface area contributed by atoms with Crippen molar-refractivity contribution in [3.63, 3.8) is 0 Å². The molecule has 1 heterocycles. The molecule has 0 fully saturated rings. The Kier molecular flexibility index (Phi) is 2.76. The zero-order valence-electron chi connectivity index (χ0n) is 10.3. The average molecular weight is 267 g/mol. The van der Waals surface area contributed by atoms with Gasteiger partial charge in [0.1, 0.15) is 0 Å². The predicted octanol–water partition coefficient (Wildman–Crippen LogP) is 2.63. The summed E-state index contributed by atoms with van der Waals surface area (Å²) in [5.41, 5.74) is 0.883. The number of nitro groups is 1. The van der Waals surface area contributed by atoms with E-state index in [1.54, 1.807) is 36.5 Å². The maximum Gasteiger partial charge on any atom is 0.278 e. The molecular formula is C14H9N3O3. The fraction of sp³-hybridized carbons (Fsp3) is 0. The molecule has 0 aliphatic carbocycles. The second-order valence-electron chi connectivity index (χ2n) is 4.25. The summed E-state index contributed by atoms with van der Waals surface area (Å²) in [5.74, 6) is -0.274. The Morgan fingerprint density at radius 2 is 1.90 bits per heavy atom. The summed E-state index contributed by atoms with van der Waals surface area (Å²) >= 11 is 0. The second-order valence-corrected chi connectivity index (χ2v) is 4.25. The van der Waals surface area contributed by atoms with Crippen LogP contribution in [0.15, 0.2) is 54.7 Å². The van der Waals surface area contributed by atoms with Gasteiger partial charge in [-0.3, -0.25) is 14.9 Å². The van der Waals surface area contributed by atoms with E-state index in [0.717, 1.165) is 0 Å². The van der Waals surface area contributed by atoms with Gasteiger partial charge in [-0.15, -0.1) is 0 Å². The van der Waals surface area contributed by atoms with Gasteiger partial charge in [-0.2, -0.15) is 5.10 Å². The normalized spacial score (nSPS) is 10.6. The van der Waals surface area contributed by atoms with E-state index in [4.69, 9.17) is 0 Å². The third-order valence-corrected chi connectivity index (χ3v) is 2.93. The first-order valence-corrected chi connectivity index (χ1v) is 5.89. The molecule has 3 aromatic rings. The lowest BCUT2D eigenvalue weighted by molar-refractivity contribution is -0.384.